The molecule has 1 aliphatic carbocycles. The van der Waals surface area contributed by atoms with Crippen LogP contribution in [0.4, 0.5) is 0 Å². The van der Waals surface area contributed by atoms with Gasteiger partial charge in [0.1, 0.15) is 0 Å². The fourth-order valence-electron chi connectivity index (χ4n) is 7.89. The molecule has 4 aliphatic rings. The minimum atomic E-state index is -0.133. The number of nitrogens with zero attached hydrogens (tertiary/aromatic N) is 1. The zero-order valence-corrected chi connectivity index (χ0v) is 21.3. The van der Waals surface area contributed by atoms with E-state index in [1.165, 1.54) is 54.4 Å². The predicted molar refractivity (Wildman–Crippen MR) is 141 cm³/mol. The average Bonchev–Trinajstić information content (AvgIpc) is 3.32. The summed E-state index contributed by atoms with van der Waals surface area (Å²) in [5, 5.41) is 7.33. The Hall–Kier alpha value is -2.17. The molecule has 1 saturated carbocycles. The first-order valence-electron chi connectivity index (χ1n) is 14.0. The molecule has 0 aromatic heterocycles. The summed E-state index contributed by atoms with van der Waals surface area (Å²) in [5.74, 6) is 1.65. The highest BCUT2D eigenvalue weighted by Gasteiger charge is 2.52. The summed E-state index contributed by atoms with van der Waals surface area (Å²) in [6.07, 6.45) is 8.79. The minimum absolute atomic E-state index is 0.0103. The lowest BCUT2D eigenvalue weighted by molar-refractivity contribution is -0.142. The second kappa shape index (κ2) is 9.71. The standard InChI is InChI=1S/C31H41N3O/c1-22-12-13-27-26(16-22)18-32-20-31(27)21-33-19-28(31)30(35)34-15-14-25(23-8-4-2-5-9-23)17-29(34)24-10-6-3-7-11-24/h2,4-5,8-9,12-13,16,24-25,28-29,32-33H,3,6-7,10-11,14-15,17-21H2,1H3/t25-,28?,29+,31+/m1/s1. The number of fused-ring (bicyclic) bond motifs is 2. The monoisotopic (exact) mass is 471 g/mol. The highest BCUT2D eigenvalue weighted by molar-refractivity contribution is 5.82. The van der Waals surface area contributed by atoms with Gasteiger partial charge in [0, 0.05) is 44.2 Å². The van der Waals surface area contributed by atoms with E-state index in [1.807, 2.05) is 0 Å². The Labute approximate surface area is 210 Å². The number of rotatable bonds is 3. The zero-order chi connectivity index (χ0) is 23.8. The second-order valence-electron chi connectivity index (χ2n) is 11.7. The van der Waals surface area contributed by atoms with Gasteiger partial charge in [-0.3, -0.25) is 4.79 Å². The van der Waals surface area contributed by atoms with Gasteiger partial charge >= 0.3 is 0 Å². The summed E-state index contributed by atoms with van der Waals surface area (Å²) in [7, 11) is 0. The second-order valence-corrected chi connectivity index (χ2v) is 11.7. The zero-order valence-electron chi connectivity index (χ0n) is 21.3. The molecule has 2 aromatic rings. The molecule has 186 valence electrons. The van der Waals surface area contributed by atoms with Crippen molar-refractivity contribution in [1.82, 2.24) is 15.5 Å². The lowest BCUT2D eigenvalue weighted by atomic mass is 9.67. The lowest BCUT2D eigenvalue weighted by Crippen LogP contribution is -2.57. The predicted octanol–water partition coefficient (Wildman–Crippen LogP) is 4.91. The Bertz CT molecular complexity index is 1050. The largest absolute Gasteiger partial charge is 0.339 e. The van der Waals surface area contributed by atoms with E-state index in [9.17, 15) is 4.79 Å². The van der Waals surface area contributed by atoms with E-state index in [0.717, 1.165) is 45.6 Å². The summed E-state index contributed by atoms with van der Waals surface area (Å²) in [6, 6.07) is 18.3. The van der Waals surface area contributed by atoms with Crippen LogP contribution in [0.25, 0.3) is 0 Å². The first-order chi connectivity index (χ1) is 17.2. The van der Waals surface area contributed by atoms with Crippen molar-refractivity contribution in [3.63, 3.8) is 0 Å². The van der Waals surface area contributed by atoms with Crippen molar-refractivity contribution in [1.29, 1.82) is 0 Å². The van der Waals surface area contributed by atoms with Crippen molar-refractivity contribution in [3.8, 4) is 0 Å². The van der Waals surface area contributed by atoms with Crippen LogP contribution >= 0.6 is 0 Å². The van der Waals surface area contributed by atoms with E-state index >= 15 is 0 Å². The molecule has 1 unspecified atom stereocenters. The first-order valence-corrected chi connectivity index (χ1v) is 14.0. The number of nitrogens with one attached hydrogen (secondary N) is 2. The Balaban J connectivity index is 1.30. The van der Waals surface area contributed by atoms with Crippen molar-refractivity contribution in [2.24, 2.45) is 11.8 Å². The summed E-state index contributed by atoms with van der Waals surface area (Å²) in [4.78, 5) is 16.9. The van der Waals surface area contributed by atoms with Gasteiger partial charge in [0.2, 0.25) is 5.91 Å². The molecule has 2 saturated heterocycles. The average molecular weight is 472 g/mol. The molecule has 0 bridgehead atoms. The van der Waals surface area contributed by atoms with Crippen LogP contribution in [-0.2, 0) is 16.8 Å². The molecule has 4 heteroatoms. The molecule has 2 aromatic carbocycles. The molecule has 2 N–H and O–H groups in total. The van der Waals surface area contributed by atoms with Gasteiger partial charge in [0.25, 0.3) is 0 Å². The van der Waals surface area contributed by atoms with Gasteiger partial charge in [-0.15, -0.1) is 0 Å². The summed E-state index contributed by atoms with van der Waals surface area (Å²) < 4.78 is 0. The van der Waals surface area contributed by atoms with Gasteiger partial charge in [-0.25, -0.2) is 0 Å². The van der Waals surface area contributed by atoms with Crippen molar-refractivity contribution < 1.29 is 4.79 Å². The van der Waals surface area contributed by atoms with E-state index < -0.39 is 0 Å². The maximum atomic E-state index is 14.5. The van der Waals surface area contributed by atoms with Crippen molar-refractivity contribution in [3.05, 3.63) is 70.8 Å². The van der Waals surface area contributed by atoms with Gasteiger partial charge in [0.15, 0.2) is 0 Å². The fraction of sp³-hybridized carbons (Fsp3) is 0.581. The third kappa shape index (κ3) is 4.23. The summed E-state index contributed by atoms with van der Waals surface area (Å²) in [6.45, 7) is 6.56. The van der Waals surface area contributed by atoms with Gasteiger partial charge < -0.3 is 15.5 Å². The van der Waals surface area contributed by atoms with Gasteiger partial charge in [-0.05, 0) is 61.1 Å². The van der Waals surface area contributed by atoms with Crippen LogP contribution in [0.3, 0.4) is 0 Å². The van der Waals surface area contributed by atoms with Crippen molar-refractivity contribution in [2.45, 2.75) is 75.8 Å². The molecule has 3 heterocycles. The SMILES string of the molecule is Cc1ccc2c(c1)CNC[C@]21CNCC1C(=O)N1CC[C@@H](c2ccccc2)C[C@H]1C1CCCCC1. The fourth-order valence-corrected chi connectivity index (χ4v) is 7.89. The van der Waals surface area contributed by atoms with Gasteiger partial charge in [0.05, 0.1) is 5.92 Å². The van der Waals surface area contributed by atoms with Crippen LogP contribution in [-0.4, -0.2) is 43.0 Å². The van der Waals surface area contributed by atoms with Gasteiger partial charge in [-0.1, -0.05) is 73.4 Å². The number of benzene rings is 2. The van der Waals surface area contributed by atoms with Crippen LogP contribution in [0.1, 0.15) is 73.1 Å². The Morgan fingerprint density at radius 1 is 0.971 bits per heavy atom. The Morgan fingerprint density at radius 3 is 2.60 bits per heavy atom. The van der Waals surface area contributed by atoms with E-state index in [0.29, 0.717) is 23.8 Å². The molecule has 1 spiro atoms. The summed E-state index contributed by atoms with van der Waals surface area (Å²) >= 11 is 0. The molecule has 6 rings (SSSR count). The number of aryl methyl sites for hydroxylation is 1. The van der Waals surface area contributed by atoms with Crippen LogP contribution in [0.2, 0.25) is 0 Å². The minimum Gasteiger partial charge on any atom is -0.339 e. The van der Waals surface area contributed by atoms with Crippen LogP contribution in [0.15, 0.2) is 48.5 Å². The molecule has 4 nitrogen and oxygen atoms in total. The topological polar surface area (TPSA) is 44.4 Å². The molecule has 3 fully saturated rings. The lowest BCUT2D eigenvalue weighted by Gasteiger charge is -2.48. The molecular weight excluding hydrogens is 430 g/mol. The first kappa shape index (κ1) is 23.2. The van der Waals surface area contributed by atoms with E-state index in [2.05, 4.69) is 71.0 Å². The third-order valence-corrected chi connectivity index (χ3v) is 9.70. The molecular formula is C31H41N3O. The third-order valence-electron chi connectivity index (χ3n) is 9.70. The maximum Gasteiger partial charge on any atom is 0.228 e. The van der Waals surface area contributed by atoms with Crippen molar-refractivity contribution >= 4 is 5.91 Å². The molecule has 4 atom stereocenters. The van der Waals surface area contributed by atoms with Crippen molar-refractivity contribution in [2.75, 3.05) is 26.2 Å². The normalized spacial score (nSPS) is 31.5. The summed E-state index contributed by atoms with van der Waals surface area (Å²) in [5.41, 5.74) is 5.41. The van der Waals surface area contributed by atoms with Gasteiger partial charge in [-0.2, -0.15) is 0 Å². The van der Waals surface area contributed by atoms with E-state index in [1.54, 1.807) is 0 Å². The van der Waals surface area contributed by atoms with Crippen LogP contribution in [0, 0.1) is 18.8 Å². The van der Waals surface area contributed by atoms with E-state index in [4.69, 9.17) is 0 Å². The number of hydrogen-bond donors (Lipinski definition) is 2. The number of likely N-dealkylation sites (tertiary alicyclic amines) is 1. The van der Waals surface area contributed by atoms with E-state index in [-0.39, 0.29) is 11.3 Å². The number of amides is 1. The number of carbonyl (C=O) groups excluding carboxylic acids is 1. The van der Waals surface area contributed by atoms with Crippen LogP contribution in [0.5, 0.6) is 0 Å². The molecule has 1 amide bonds. The quantitative estimate of drug-likeness (QED) is 0.669. The number of hydrogen-bond acceptors (Lipinski definition) is 3. The number of carbonyl (C=O) groups is 1. The highest BCUT2D eigenvalue weighted by Crippen LogP contribution is 2.44. The molecule has 35 heavy (non-hydrogen) atoms. The van der Waals surface area contributed by atoms with Crippen LogP contribution < -0.4 is 10.6 Å². The highest BCUT2D eigenvalue weighted by atomic mass is 16.2. The molecule has 0 radical (unpaired) electrons. The molecule has 3 aliphatic heterocycles. The Kier molecular flexibility index (Phi) is 6.45. The number of piperidine rings is 1. The Morgan fingerprint density at radius 2 is 1.77 bits per heavy atom. The smallest absolute Gasteiger partial charge is 0.228 e. The maximum absolute atomic E-state index is 14.5.